The lowest BCUT2D eigenvalue weighted by Crippen LogP contribution is -2.41. The molecule has 1 saturated heterocycles. The zero-order valence-electron chi connectivity index (χ0n) is 15.6. The van der Waals surface area contributed by atoms with Crippen molar-refractivity contribution in [3.63, 3.8) is 0 Å². The zero-order chi connectivity index (χ0) is 20.0. The molecule has 1 fully saturated rings. The van der Waals surface area contributed by atoms with Crippen molar-refractivity contribution in [3.05, 3.63) is 51.3 Å². The van der Waals surface area contributed by atoms with Gasteiger partial charge in [-0.2, -0.15) is 12.6 Å². The van der Waals surface area contributed by atoms with E-state index >= 15 is 0 Å². The fourth-order valence-electron chi connectivity index (χ4n) is 2.78. The van der Waals surface area contributed by atoms with E-state index in [0.29, 0.717) is 16.7 Å². The Morgan fingerprint density at radius 3 is 2.37 bits per heavy atom. The summed E-state index contributed by atoms with van der Waals surface area (Å²) in [7, 11) is -0.522. The van der Waals surface area contributed by atoms with Crippen molar-refractivity contribution in [2.75, 3.05) is 5.75 Å². The average molecular weight is 388 g/mol. The molecule has 27 heavy (non-hydrogen) atoms. The Labute approximate surface area is 162 Å². The third-order valence-corrected chi connectivity index (χ3v) is 5.44. The highest BCUT2D eigenvalue weighted by Crippen LogP contribution is 2.39. The van der Waals surface area contributed by atoms with Crippen LogP contribution in [-0.2, 0) is 9.31 Å². The Morgan fingerprint density at radius 1 is 1.19 bits per heavy atom. The van der Waals surface area contributed by atoms with Crippen LogP contribution in [0.15, 0.2) is 38.9 Å². The highest BCUT2D eigenvalue weighted by molar-refractivity contribution is 7.80. The molecule has 0 bridgehead atoms. The van der Waals surface area contributed by atoms with Gasteiger partial charge in [-0.05, 0) is 56.9 Å². The minimum atomic E-state index is -1.32. The lowest BCUT2D eigenvalue weighted by molar-refractivity contribution is 0.00578. The van der Waals surface area contributed by atoms with E-state index in [9.17, 15) is 9.59 Å². The van der Waals surface area contributed by atoms with Gasteiger partial charge >= 0.3 is 18.7 Å². The number of aromatic carboxylic acids is 1. The van der Waals surface area contributed by atoms with Gasteiger partial charge in [0, 0.05) is 11.1 Å². The Morgan fingerprint density at radius 2 is 1.81 bits per heavy atom. The quantitative estimate of drug-likeness (QED) is 0.474. The molecule has 2 aromatic rings. The molecule has 8 heteroatoms. The predicted molar refractivity (Wildman–Crippen MR) is 107 cm³/mol. The van der Waals surface area contributed by atoms with E-state index in [2.05, 4.69) is 12.6 Å². The molecule has 6 nitrogen and oxygen atoms in total. The number of benzene rings is 1. The van der Waals surface area contributed by atoms with Crippen LogP contribution in [0, 0.1) is 0 Å². The Bertz CT molecular complexity index is 975. The van der Waals surface area contributed by atoms with E-state index in [0.717, 1.165) is 11.0 Å². The third-order valence-electron chi connectivity index (χ3n) is 5.08. The van der Waals surface area contributed by atoms with Crippen LogP contribution < -0.4 is 5.63 Å². The van der Waals surface area contributed by atoms with Gasteiger partial charge in [0.2, 0.25) is 0 Å². The number of carbonyl (C=O) groups is 1. The number of hydrogen-bond donors (Lipinski definition) is 2. The molecule has 2 heterocycles. The normalized spacial score (nSPS) is 18.9. The van der Waals surface area contributed by atoms with Crippen molar-refractivity contribution in [3.8, 4) is 0 Å². The summed E-state index contributed by atoms with van der Waals surface area (Å²) in [5.74, 6) is -0.890. The smallest absolute Gasteiger partial charge is 0.477 e. The van der Waals surface area contributed by atoms with Gasteiger partial charge in [-0.3, -0.25) is 0 Å². The fourth-order valence-corrected chi connectivity index (χ4v) is 3.02. The topological polar surface area (TPSA) is 86.0 Å². The zero-order valence-corrected chi connectivity index (χ0v) is 16.5. The van der Waals surface area contributed by atoms with Crippen molar-refractivity contribution >= 4 is 42.8 Å². The molecule has 1 aromatic heterocycles. The molecule has 0 unspecified atom stereocenters. The van der Waals surface area contributed by atoms with Crippen LogP contribution >= 0.6 is 12.6 Å². The van der Waals surface area contributed by atoms with Crippen LogP contribution in [0.5, 0.6) is 0 Å². The molecule has 142 valence electrons. The molecule has 1 aliphatic rings. The second-order valence-electron chi connectivity index (χ2n) is 7.52. The van der Waals surface area contributed by atoms with Crippen molar-refractivity contribution in [2.45, 2.75) is 38.9 Å². The molecule has 0 radical (unpaired) electrons. The van der Waals surface area contributed by atoms with Gasteiger partial charge < -0.3 is 18.8 Å². The summed E-state index contributed by atoms with van der Waals surface area (Å²) in [6, 6.07) is 6.48. The van der Waals surface area contributed by atoms with Gasteiger partial charge in [-0.15, -0.1) is 0 Å². The van der Waals surface area contributed by atoms with Crippen molar-refractivity contribution < 1.29 is 23.6 Å². The second kappa shape index (κ2) is 6.85. The molecular formula is C19H21BO6S. The van der Waals surface area contributed by atoms with Gasteiger partial charge in [-0.25, -0.2) is 9.59 Å². The second-order valence-corrected chi connectivity index (χ2v) is 7.83. The number of carboxylic acids is 1. The van der Waals surface area contributed by atoms with E-state index < -0.39 is 35.5 Å². The van der Waals surface area contributed by atoms with Gasteiger partial charge in [-0.1, -0.05) is 12.1 Å². The van der Waals surface area contributed by atoms with Gasteiger partial charge in [0.25, 0.3) is 0 Å². The summed E-state index contributed by atoms with van der Waals surface area (Å²) >= 11 is 4.40. The first-order valence-corrected chi connectivity index (χ1v) is 9.15. The van der Waals surface area contributed by atoms with E-state index in [4.69, 9.17) is 18.8 Å². The molecule has 1 aromatic carbocycles. The van der Waals surface area contributed by atoms with E-state index in [-0.39, 0.29) is 0 Å². The van der Waals surface area contributed by atoms with Crippen LogP contribution in [-0.4, -0.2) is 35.1 Å². The lowest BCUT2D eigenvalue weighted by atomic mass is 9.78. The van der Waals surface area contributed by atoms with Crippen molar-refractivity contribution in [1.29, 1.82) is 0 Å². The maximum absolute atomic E-state index is 11.7. The summed E-state index contributed by atoms with van der Waals surface area (Å²) in [6.07, 6.45) is 1.89. The molecule has 0 amide bonds. The van der Waals surface area contributed by atoms with E-state index in [1.165, 1.54) is 6.07 Å². The Kier molecular flexibility index (Phi) is 5.01. The van der Waals surface area contributed by atoms with Crippen LogP contribution in [0.1, 0.15) is 43.6 Å². The largest absolute Gasteiger partial charge is 0.491 e. The first-order valence-electron chi connectivity index (χ1n) is 8.52. The number of carboxylic acid groups (broad SMARTS) is 1. The molecule has 0 spiro atoms. The molecule has 1 N–H and O–H groups in total. The summed E-state index contributed by atoms with van der Waals surface area (Å²) in [5.41, 5.74) is -0.217. The lowest BCUT2D eigenvalue weighted by Gasteiger charge is -2.32. The molecule has 0 aliphatic carbocycles. The number of rotatable bonds is 4. The van der Waals surface area contributed by atoms with Crippen LogP contribution in [0.3, 0.4) is 0 Å². The number of thiol groups is 1. The van der Waals surface area contributed by atoms with Crippen molar-refractivity contribution in [1.82, 2.24) is 0 Å². The summed E-state index contributed by atoms with van der Waals surface area (Å²) in [6.45, 7) is 7.92. The van der Waals surface area contributed by atoms with Crippen molar-refractivity contribution in [2.24, 2.45) is 0 Å². The van der Waals surface area contributed by atoms with Gasteiger partial charge in [0.1, 0.15) is 11.1 Å². The number of fused-ring (bicyclic) bond motifs is 1. The van der Waals surface area contributed by atoms with Gasteiger partial charge in [0.15, 0.2) is 0 Å². The Balaban J connectivity index is 2.00. The fraction of sp³-hybridized carbons (Fsp3) is 0.368. The minimum Gasteiger partial charge on any atom is -0.477 e. The number of hydrogen-bond acceptors (Lipinski definition) is 6. The molecule has 0 saturated carbocycles. The molecular weight excluding hydrogens is 367 g/mol. The third kappa shape index (κ3) is 3.70. The minimum absolute atomic E-state index is 0.324. The Hall–Kier alpha value is -2.03. The molecule has 3 rings (SSSR count). The maximum Gasteiger partial charge on any atom is 0.491 e. The SMILES string of the molecule is CC1(C)OB(C(=Cc2ccc3oc(=O)c(C(=O)O)cc3c2)CS)OC1(C)C. The van der Waals surface area contributed by atoms with E-state index in [1.807, 2.05) is 33.8 Å². The van der Waals surface area contributed by atoms with Crippen LogP contribution in [0.25, 0.3) is 17.0 Å². The van der Waals surface area contributed by atoms with Gasteiger partial charge in [0.05, 0.1) is 11.2 Å². The first-order chi connectivity index (χ1) is 12.5. The maximum atomic E-state index is 11.7. The molecule has 1 aliphatic heterocycles. The van der Waals surface area contributed by atoms with E-state index in [1.54, 1.807) is 18.2 Å². The summed E-state index contributed by atoms with van der Waals surface area (Å²) in [5, 5.41) is 9.63. The first kappa shape index (κ1) is 19.7. The standard InChI is InChI=1S/C19H21BO6S/c1-18(2)19(3,4)26-20(25-18)13(10-27)8-11-5-6-15-12(7-11)9-14(16(21)22)17(23)24-15/h5-9,27H,10H2,1-4H3,(H,21,22). The predicted octanol–water partition coefficient (Wildman–Crippen LogP) is 3.44. The van der Waals surface area contributed by atoms with Crippen LogP contribution in [0.2, 0.25) is 0 Å². The summed E-state index contributed by atoms with van der Waals surface area (Å²) < 4.78 is 17.2. The monoisotopic (exact) mass is 388 g/mol. The highest BCUT2D eigenvalue weighted by atomic mass is 32.1. The average Bonchev–Trinajstić information content (AvgIpc) is 2.79. The van der Waals surface area contributed by atoms with Crippen LogP contribution in [0.4, 0.5) is 0 Å². The highest BCUT2D eigenvalue weighted by Gasteiger charge is 2.52. The summed E-state index contributed by atoms with van der Waals surface area (Å²) in [4.78, 5) is 22.8. The molecule has 0 atom stereocenters.